The van der Waals surface area contributed by atoms with Gasteiger partial charge in [0.25, 0.3) is 0 Å². The zero-order chi connectivity index (χ0) is 14.2. The second-order valence-electron chi connectivity index (χ2n) is 6.01. The topological polar surface area (TPSA) is 9.23 Å². The average Bonchev–Trinajstić information content (AvgIpc) is 2.38. The third-order valence-corrected chi connectivity index (χ3v) is 6.41. The fraction of sp³-hybridized carbons (Fsp3) is 0.625. The summed E-state index contributed by atoms with van der Waals surface area (Å²) in [6, 6.07) is 6.33. The first kappa shape index (κ1) is 15.4. The molecule has 1 saturated carbocycles. The molecule has 0 bridgehead atoms. The van der Waals surface area contributed by atoms with Crippen molar-refractivity contribution in [3.8, 4) is 5.75 Å². The van der Waals surface area contributed by atoms with E-state index < -0.39 is 0 Å². The highest BCUT2D eigenvalue weighted by Crippen LogP contribution is 2.50. The van der Waals surface area contributed by atoms with E-state index in [-0.39, 0.29) is 5.41 Å². The van der Waals surface area contributed by atoms with Gasteiger partial charge in [-0.3, -0.25) is 0 Å². The maximum Gasteiger partial charge on any atom is 0.123 e. The number of alkyl halides is 1. The minimum Gasteiger partial charge on any atom is -0.489 e. The van der Waals surface area contributed by atoms with E-state index in [0.29, 0.717) is 16.8 Å². The maximum absolute atomic E-state index is 6.32. The Morgan fingerprint density at radius 3 is 2.63 bits per heavy atom. The molecule has 19 heavy (non-hydrogen) atoms. The van der Waals surface area contributed by atoms with E-state index in [1.54, 1.807) is 0 Å². The van der Waals surface area contributed by atoms with E-state index in [1.165, 1.54) is 5.56 Å². The fourth-order valence-corrected chi connectivity index (χ4v) is 3.97. The Labute approximate surface area is 133 Å². The van der Waals surface area contributed by atoms with E-state index >= 15 is 0 Å². The van der Waals surface area contributed by atoms with Crippen LogP contribution in [0.3, 0.4) is 0 Å². The summed E-state index contributed by atoms with van der Waals surface area (Å²) in [6.07, 6.45) is 2.56. The molecule has 0 aliphatic heterocycles. The molecule has 1 aliphatic carbocycles. The van der Waals surface area contributed by atoms with Crippen molar-refractivity contribution in [2.45, 2.75) is 57.4 Å². The molecular weight excluding hydrogens is 368 g/mol. The summed E-state index contributed by atoms with van der Waals surface area (Å²) >= 11 is 7.31. The molecule has 1 fully saturated rings. The molecule has 0 radical (unpaired) electrons. The zero-order valence-corrected chi connectivity index (χ0v) is 15.2. The highest BCUT2D eigenvalue weighted by Gasteiger charge is 2.51. The first-order chi connectivity index (χ1) is 8.88. The van der Waals surface area contributed by atoms with Gasteiger partial charge in [0, 0.05) is 14.7 Å². The summed E-state index contributed by atoms with van der Waals surface area (Å²) in [5, 5.41) is 0. The normalized spacial score (nSPS) is 30.3. The lowest BCUT2D eigenvalue weighted by Gasteiger charge is -2.51. The Morgan fingerprint density at radius 1 is 1.42 bits per heavy atom. The van der Waals surface area contributed by atoms with Gasteiger partial charge >= 0.3 is 0 Å². The van der Waals surface area contributed by atoms with Gasteiger partial charge in [0.05, 0.1) is 0 Å². The molecule has 106 valence electrons. The first-order valence-electron chi connectivity index (χ1n) is 6.98. The van der Waals surface area contributed by atoms with Crippen LogP contribution in [-0.2, 0) is 0 Å². The van der Waals surface area contributed by atoms with Crippen molar-refractivity contribution in [3.05, 3.63) is 28.2 Å². The average molecular weight is 390 g/mol. The van der Waals surface area contributed by atoms with Crippen LogP contribution in [0.15, 0.2) is 22.7 Å². The van der Waals surface area contributed by atoms with E-state index in [0.717, 1.165) is 23.1 Å². The van der Waals surface area contributed by atoms with Crippen LogP contribution < -0.4 is 4.74 Å². The summed E-state index contributed by atoms with van der Waals surface area (Å²) in [4.78, 5) is 0.577. The van der Waals surface area contributed by atoms with Crippen molar-refractivity contribution in [2.75, 3.05) is 0 Å². The number of hydrogen-bond donors (Lipinski definition) is 0. The molecule has 0 N–H and O–H groups in total. The third-order valence-electron chi connectivity index (χ3n) is 4.50. The monoisotopic (exact) mass is 388 g/mol. The van der Waals surface area contributed by atoms with Crippen molar-refractivity contribution >= 4 is 31.9 Å². The van der Waals surface area contributed by atoms with Crippen LogP contribution >= 0.6 is 31.9 Å². The molecule has 1 aromatic rings. The van der Waals surface area contributed by atoms with Crippen LogP contribution in [0.5, 0.6) is 5.75 Å². The quantitative estimate of drug-likeness (QED) is 0.582. The zero-order valence-electron chi connectivity index (χ0n) is 12.0. The van der Waals surface area contributed by atoms with Gasteiger partial charge in [-0.15, -0.1) is 0 Å². The summed E-state index contributed by atoms with van der Waals surface area (Å²) < 4.78 is 7.44. The molecule has 3 heteroatoms. The standard InChI is InChI=1S/C16H22Br2O/c1-5-16(4)14(18)9-15(16)19-13-7-6-11(17)8-12(13)10(2)3/h6-8,10,14-15H,5,9H2,1-4H3. The molecule has 2 rings (SSSR count). The molecule has 0 saturated heterocycles. The van der Waals surface area contributed by atoms with Gasteiger partial charge in [-0.2, -0.15) is 0 Å². The van der Waals surface area contributed by atoms with E-state index in [4.69, 9.17) is 4.74 Å². The van der Waals surface area contributed by atoms with Crippen LogP contribution in [0.4, 0.5) is 0 Å². The van der Waals surface area contributed by atoms with Crippen LogP contribution in [-0.4, -0.2) is 10.9 Å². The number of rotatable bonds is 4. The van der Waals surface area contributed by atoms with Gasteiger partial charge in [0.2, 0.25) is 0 Å². The summed E-state index contributed by atoms with van der Waals surface area (Å²) in [5.74, 6) is 1.52. The number of benzene rings is 1. The molecule has 1 nitrogen and oxygen atoms in total. The van der Waals surface area contributed by atoms with Gasteiger partial charge in [0.15, 0.2) is 0 Å². The van der Waals surface area contributed by atoms with Crippen LogP contribution in [0.2, 0.25) is 0 Å². The molecule has 0 heterocycles. The third kappa shape index (κ3) is 2.87. The van der Waals surface area contributed by atoms with Crippen molar-refractivity contribution in [1.29, 1.82) is 0 Å². The lowest BCUT2D eigenvalue weighted by atomic mass is 9.65. The Morgan fingerprint density at radius 2 is 2.11 bits per heavy atom. The van der Waals surface area contributed by atoms with Crippen molar-refractivity contribution in [1.82, 2.24) is 0 Å². The van der Waals surface area contributed by atoms with Gasteiger partial charge < -0.3 is 4.74 Å². The minimum atomic E-state index is 0.251. The molecule has 1 aliphatic rings. The van der Waals surface area contributed by atoms with Crippen molar-refractivity contribution in [3.63, 3.8) is 0 Å². The molecule has 0 aromatic heterocycles. The number of ether oxygens (including phenoxy) is 1. The predicted octanol–water partition coefficient (Wildman–Crippen LogP) is 5.90. The van der Waals surface area contributed by atoms with Crippen LogP contribution in [0, 0.1) is 5.41 Å². The minimum absolute atomic E-state index is 0.251. The maximum atomic E-state index is 6.32. The highest BCUT2D eigenvalue weighted by atomic mass is 79.9. The van der Waals surface area contributed by atoms with Crippen molar-refractivity contribution < 1.29 is 4.74 Å². The van der Waals surface area contributed by atoms with Crippen molar-refractivity contribution in [2.24, 2.45) is 5.41 Å². The van der Waals surface area contributed by atoms with Gasteiger partial charge in [-0.1, -0.05) is 59.6 Å². The van der Waals surface area contributed by atoms with Crippen LogP contribution in [0.25, 0.3) is 0 Å². The van der Waals surface area contributed by atoms with E-state index in [1.807, 2.05) is 0 Å². The van der Waals surface area contributed by atoms with Gasteiger partial charge in [0.1, 0.15) is 11.9 Å². The Hall–Kier alpha value is -0.0200. The second kappa shape index (κ2) is 5.77. The smallest absolute Gasteiger partial charge is 0.123 e. The second-order valence-corrected chi connectivity index (χ2v) is 8.03. The SMILES string of the molecule is CCC1(C)C(Br)CC1Oc1ccc(Br)cc1C(C)C. The molecular formula is C16H22Br2O. The Kier molecular flexibility index (Phi) is 4.67. The lowest BCUT2D eigenvalue weighted by Crippen LogP contribution is -2.54. The molecule has 0 spiro atoms. The molecule has 0 amide bonds. The van der Waals surface area contributed by atoms with E-state index in [9.17, 15) is 0 Å². The number of halogens is 2. The summed E-state index contributed by atoms with van der Waals surface area (Å²) in [7, 11) is 0. The molecule has 3 atom stereocenters. The first-order valence-corrected chi connectivity index (χ1v) is 8.69. The summed E-state index contributed by atoms with van der Waals surface area (Å²) in [6.45, 7) is 8.98. The van der Waals surface area contributed by atoms with Gasteiger partial charge in [-0.25, -0.2) is 0 Å². The Bertz CT molecular complexity index is 458. The van der Waals surface area contributed by atoms with Crippen LogP contribution in [0.1, 0.15) is 52.0 Å². The largest absolute Gasteiger partial charge is 0.489 e. The summed E-state index contributed by atoms with van der Waals surface area (Å²) in [5.41, 5.74) is 1.53. The molecule has 3 unspecified atom stereocenters. The molecule has 1 aromatic carbocycles. The van der Waals surface area contributed by atoms with Gasteiger partial charge in [-0.05, 0) is 42.5 Å². The Balaban J connectivity index is 2.21. The highest BCUT2D eigenvalue weighted by molar-refractivity contribution is 9.10. The fourth-order valence-electron chi connectivity index (χ4n) is 2.63. The van der Waals surface area contributed by atoms with E-state index in [2.05, 4.69) is 77.8 Å². The number of hydrogen-bond acceptors (Lipinski definition) is 1. The lowest BCUT2D eigenvalue weighted by molar-refractivity contribution is -0.0249. The predicted molar refractivity (Wildman–Crippen MR) is 88.4 cm³/mol.